The summed E-state index contributed by atoms with van der Waals surface area (Å²) < 4.78 is 0. The summed E-state index contributed by atoms with van der Waals surface area (Å²) in [6.45, 7) is 7.98. The standard InChI is InChI=1S/C14H18OSi/c1-11(16(2,3)15)14(13-9-10-13)12-7-5-4-6-8-12/h4-8,15H,1,9-10H2,2-3H3. The Labute approximate surface area is 98.3 Å². The molecule has 0 aromatic heterocycles. The van der Waals surface area contributed by atoms with E-state index in [9.17, 15) is 4.80 Å². The van der Waals surface area contributed by atoms with Crippen molar-refractivity contribution >= 4 is 13.9 Å². The zero-order valence-corrected chi connectivity index (χ0v) is 11.0. The van der Waals surface area contributed by atoms with Crippen LogP contribution in [0.4, 0.5) is 0 Å². The molecule has 0 unspecified atom stereocenters. The van der Waals surface area contributed by atoms with E-state index in [1.54, 1.807) is 0 Å². The fourth-order valence-electron chi connectivity index (χ4n) is 1.81. The maximum atomic E-state index is 10.2. The molecule has 1 saturated carbocycles. The van der Waals surface area contributed by atoms with Gasteiger partial charge in [-0.1, -0.05) is 42.5 Å². The van der Waals surface area contributed by atoms with Gasteiger partial charge in [0.1, 0.15) is 0 Å². The Morgan fingerprint density at radius 1 is 1.19 bits per heavy atom. The SMILES string of the molecule is C=C(C(=C1CC1)c1ccccc1)[Si](C)(C)O. The molecule has 0 atom stereocenters. The van der Waals surface area contributed by atoms with Crippen LogP contribution in [-0.4, -0.2) is 13.1 Å². The molecular formula is C14H18OSi. The lowest BCUT2D eigenvalue weighted by atomic mass is 10.1. The first kappa shape index (κ1) is 11.4. The first-order chi connectivity index (χ1) is 7.50. The van der Waals surface area contributed by atoms with Crippen LogP contribution in [0.1, 0.15) is 18.4 Å². The Bertz CT molecular complexity index is 432. The van der Waals surface area contributed by atoms with Crippen LogP contribution in [0.15, 0.2) is 47.7 Å². The van der Waals surface area contributed by atoms with E-state index in [-0.39, 0.29) is 0 Å². The molecule has 0 spiro atoms. The van der Waals surface area contributed by atoms with Crippen LogP contribution in [0.5, 0.6) is 0 Å². The molecule has 1 fully saturated rings. The summed E-state index contributed by atoms with van der Waals surface area (Å²) >= 11 is 0. The van der Waals surface area contributed by atoms with Crippen LogP contribution in [-0.2, 0) is 0 Å². The fraction of sp³-hybridized carbons (Fsp3) is 0.286. The molecule has 0 saturated heterocycles. The van der Waals surface area contributed by atoms with Crippen molar-refractivity contribution in [3.8, 4) is 0 Å². The van der Waals surface area contributed by atoms with Gasteiger partial charge in [0.05, 0.1) is 0 Å². The van der Waals surface area contributed by atoms with Crippen molar-refractivity contribution in [1.82, 2.24) is 0 Å². The van der Waals surface area contributed by atoms with Gasteiger partial charge < -0.3 is 4.80 Å². The highest BCUT2D eigenvalue weighted by Crippen LogP contribution is 2.41. The molecule has 16 heavy (non-hydrogen) atoms. The number of benzene rings is 1. The van der Waals surface area contributed by atoms with Crippen molar-refractivity contribution in [3.63, 3.8) is 0 Å². The van der Waals surface area contributed by atoms with E-state index in [1.165, 1.54) is 16.7 Å². The minimum Gasteiger partial charge on any atom is -0.428 e. The van der Waals surface area contributed by atoms with Gasteiger partial charge in [-0.2, -0.15) is 0 Å². The first-order valence-electron chi connectivity index (χ1n) is 5.69. The van der Waals surface area contributed by atoms with E-state index >= 15 is 0 Å². The van der Waals surface area contributed by atoms with E-state index < -0.39 is 8.32 Å². The molecule has 1 nitrogen and oxygen atoms in total. The number of hydrogen-bond donors (Lipinski definition) is 1. The molecule has 0 aliphatic heterocycles. The van der Waals surface area contributed by atoms with Gasteiger partial charge in [0.2, 0.25) is 8.32 Å². The molecule has 1 aliphatic carbocycles. The monoisotopic (exact) mass is 230 g/mol. The van der Waals surface area contributed by atoms with Gasteiger partial charge >= 0.3 is 0 Å². The second kappa shape index (κ2) is 4.04. The Morgan fingerprint density at radius 3 is 2.19 bits per heavy atom. The van der Waals surface area contributed by atoms with Crippen molar-refractivity contribution in [2.24, 2.45) is 0 Å². The smallest absolute Gasteiger partial charge is 0.213 e. The van der Waals surface area contributed by atoms with Crippen LogP contribution < -0.4 is 0 Å². The highest BCUT2D eigenvalue weighted by molar-refractivity contribution is 6.79. The Morgan fingerprint density at radius 2 is 1.75 bits per heavy atom. The molecule has 1 N–H and O–H groups in total. The summed E-state index contributed by atoms with van der Waals surface area (Å²) in [5, 5.41) is 0.964. The largest absolute Gasteiger partial charge is 0.428 e. The van der Waals surface area contributed by atoms with Gasteiger partial charge in [0, 0.05) is 0 Å². The summed E-state index contributed by atoms with van der Waals surface area (Å²) in [5.74, 6) is 0. The van der Waals surface area contributed by atoms with Crippen molar-refractivity contribution in [3.05, 3.63) is 53.2 Å². The second-order valence-corrected chi connectivity index (χ2v) is 8.60. The molecule has 1 aromatic carbocycles. The second-order valence-electron chi connectivity index (χ2n) is 4.88. The Kier molecular flexibility index (Phi) is 2.87. The molecule has 0 heterocycles. The van der Waals surface area contributed by atoms with Crippen molar-refractivity contribution < 1.29 is 4.80 Å². The van der Waals surface area contributed by atoms with E-state index in [0.717, 1.165) is 18.0 Å². The molecule has 0 bridgehead atoms. The summed E-state index contributed by atoms with van der Waals surface area (Å²) in [5.41, 5.74) is 3.88. The van der Waals surface area contributed by atoms with Gasteiger partial charge in [0.15, 0.2) is 0 Å². The highest BCUT2D eigenvalue weighted by Gasteiger charge is 2.29. The Balaban J connectivity index is 2.43. The zero-order chi connectivity index (χ0) is 11.8. The molecule has 2 rings (SSSR count). The number of allylic oxidation sites excluding steroid dienone is 3. The lowest BCUT2D eigenvalue weighted by Crippen LogP contribution is -2.28. The van der Waals surface area contributed by atoms with Crippen LogP contribution in [0.25, 0.3) is 5.57 Å². The summed E-state index contributed by atoms with van der Waals surface area (Å²) in [6, 6.07) is 10.3. The topological polar surface area (TPSA) is 20.2 Å². The van der Waals surface area contributed by atoms with E-state index in [4.69, 9.17) is 0 Å². The highest BCUT2D eigenvalue weighted by atomic mass is 28.4. The lowest BCUT2D eigenvalue weighted by Gasteiger charge is -2.21. The maximum absolute atomic E-state index is 10.2. The predicted octanol–water partition coefficient (Wildman–Crippen LogP) is 3.53. The molecule has 84 valence electrons. The van der Waals surface area contributed by atoms with Crippen molar-refractivity contribution in [1.29, 1.82) is 0 Å². The van der Waals surface area contributed by atoms with Gasteiger partial charge in [-0.3, -0.25) is 0 Å². The Hall–Kier alpha value is -1.12. The molecule has 1 aromatic rings. The number of hydrogen-bond acceptors (Lipinski definition) is 1. The average Bonchev–Trinajstić information content (AvgIpc) is 3.02. The van der Waals surface area contributed by atoms with Crippen LogP contribution in [0.2, 0.25) is 13.1 Å². The summed E-state index contributed by atoms with van der Waals surface area (Å²) in [7, 11) is -2.28. The first-order valence-corrected chi connectivity index (χ1v) is 8.64. The van der Waals surface area contributed by atoms with Crippen molar-refractivity contribution in [2.45, 2.75) is 25.9 Å². The van der Waals surface area contributed by atoms with Gasteiger partial charge in [-0.05, 0) is 42.3 Å². The maximum Gasteiger partial charge on any atom is 0.213 e. The zero-order valence-electron chi connectivity index (χ0n) is 9.96. The predicted molar refractivity (Wildman–Crippen MR) is 71.4 cm³/mol. The van der Waals surface area contributed by atoms with Crippen LogP contribution in [0, 0.1) is 0 Å². The summed E-state index contributed by atoms with van der Waals surface area (Å²) in [4.78, 5) is 10.2. The number of rotatable bonds is 3. The van der Waals surface area contributed by atoms with Gasteiger partial charge in [-0.15, -0.1) is 0 Å². The molecular weight excluding hydrogens is 212 g/mol. The quantitative estimate of drug-likeness (QED) is 0.788. The van der Waals surface area contributed by atoms with Crippen LogP contribution in [0.3, 0.4) is 0 Å². The van der Waals surface area contributed by atoms with Crippen molar-refractivity contribution in [2.75, 3.05) is 0 Å². The average molecular weight is 230 g/mol. The fourth-order valence-corrected chi connectivity index (χ4v) is 2.75. The lowest BCUT2D eigenvalue weighted by molar-refractivity contribution is 0.564. The third kappa shape index (κ3) is 2.34. The van der Waals surface area contributed by atoms with E-state index in [0.29, 0.717) is 0 Å². The third-order valence-corrected chi connectivity index (χ3v) is 4.68. The minimum atomic E-state index is -2.28. The molecule has 2 heteroatoms. The minimum absolute atomic E-state index is 0.964. The van der Waals surface area contributed by atoms with Gasteiger partial charge in [0.25, 0.3) is 0 Å². The van der Waals surface area contributed by atoms with E-state index in [1.807, 2.05) is 31.3 Å². The summed E-state index contributed by atoms with van der Waals surface area (Å²) in [6.07, 6.45) is 2.32. The van der Waals surface area contributed by atoms with E-state index in [2.05, 4.69) is 18.7 Å². The van der Waals surface area contributed by atoms with Gasteiger partial charge in [-0.25, -0.2) is 0 Å². The normalized spacial score (nSPS) is 14.8. The molecule has 0 amide bonds. The molecule has 1 aliphatic rings. The third-order valence-electron chi connectivity index (χ3n) is 2.96. The van der Waals surface area contributed by atoms with Crippen LogP contribution >= 0.6 is 0 Å². The molecule has 0 radical (unpaired) electrons.